The van der Waals surface area contributed by atoms with E-state index in [2.05, 4.69) is 0 Å². The number of Topliss-reactive ketones (excluding diaryl/α,β-unsaturated/α-hetero) is 1. The number of rotatable bonds is 7. The van der Waals surface area contributed by atoms with Crippen LogP contribution in [0.2, 0.25) is 0 Å². The lowest BCUT2D eigenvalue weighted by atomic mass is 9.85. The third-order valence-corrected chi connectivity index (χ3v) is 6.15. The van der Waals surface area contributed by atoms with Crippen molar-refractivity contribution in [1.29, 1.82) is 0 Å². The SMILES string of the molecule is CC(C)C[C@H](C(=O)OCC(=O)c1c(N)n(C)c(=O)n(C)c1=O)N1C(=O)[C@@H]2CC=CC[C@H]2C1=O. The van der Waals surface area contributed by atoms with Gasteiger partial charge in [-0.05, 0) is 25.2 Å². The second-order valence-corrected chi connectivity index (χ2v) is 8.84. The maximum absolute atomic E-state index is 13.0. The van der Waals surface area contributed by atoms with Crippen molar-refractivity contribution in [3.05, 3.63) is 38.6 Å². The van der Waals surface area contributed by atoms with Gasteiger partial charge in [0.2, 0.25) is 17.6 Å². The topological polar surface area (TPSA) is 151 Å². The van der Waals surface area contributed by atoms with Crippen LogP contribution in [-0.4, -0.2) is 50.2 Å². The molecule has 3 rings (SSSR count). The minimum atomic E-state index is -1.18. The molecule has 0 radical (unpaired) electrons. The summed E-state index contributed by atoms with van der Waals surface area (Å²) in [6, 6.07) is -1.18. The number of fused-ring (bicyclic) bond motifs is 1. The van der Waals surface area contributed by atoms with Gasteiger partial charge in [-0.1, -0.05) is 26.0 Å². The second kappa shape index (κ2) is 9.16. The fourth-order valence-corrected chi connectivity index (χ4v) is 4.31. The van der Waals surface area contributed by atoms with Gasteiger partial charge in [0.25, 0.3) is 5.56 Å². The summed E-state index contributed by atoms with van der Waals surface area (Å²) in [5, 5.41) is 0. The average molecular weight is 460 g/mol. The first-order valence-corrected chi connectivity index (χ1v) is 10.7. The number of anilines is 1. The zero-order valence-corrected chi connectivity index (χ0v) is 19.1. The maximum Gasteiger partial charge on any atom is 0.332 e. The Hall–Kier alpha value is -3.50. The van der Waals surface area contributed by atoms with Gasteiger partial charge in [-0.2, -0.15) is 0 Å². The first-order valence-electron chi connectivity index (χ1n) is 10.7. The second-order valence-electron chi connectivity index (χ2n) is 8.84. The van der Waals surface area contributed by atoms with Crippen LogP contribution in [0, 0.1) is 17.8 Å². The van der Waals surface area contributed by atoms with Crippen LogP contribution in [0.5, 0.6) is 0 Å². The summed E-state index contributed by atoms with van der Waals surface area (Å²) in [6.07, 6.45) is 4.73. The highest BCUT2D eigenvalue weighted by Gasteiger charge is 2.51. The number of ketones is 1. The van der Waals surface area contributed by atoms with Crippen molar-refractivity contribution in [3.63, 3.8) is 0 Å². The van der Waals surface area contributed by atoms with E-state index >= 15 is 0 Å². The third-order valence-electron chi connectivity index (χ3n) is 6.15. The number of aromatic nitrogens is 2. The molecular formula is C22H28N4O7. The number of carbonyl (C=O) groups excluding carboxylic acids is 4. The van der Waals surface area contributed by atoms with E-state index in [1.54, 1.807) is 0 Å². The molecular weight excluding hydrogens is 432 g/mol. The fraction of sp³-hybridized carbons (Fsp3) is 0.545. The average Bonchev–Trinajstić information content (AvgIpc) is 3.03. The van der Waals surface area contributed by atoms with Gasteiger partial charge in [0.15, 0.2) is 6.61 Å². The number of esters is 1. The molecule has 2 amide bonds. The number of allylic oxidation sites excluding steroid dienone is 2. The number of amides is 2. The largest absolute Gasteiger partial charge is 0.456 e. The van der Waals surface area contributed by atoms with Gasteiger partial charge in [0.1, 0.15) is 17.4 Å². The number of likely N-dealkylation sites (tertiary alicyclic amines) is 1. The molecule has 1 aliphatic heterocycles. The van der Waals surface area contributed by atoms with Crippen molar-refractivity contribution in [2.45, 2.75) is 39.2 Å². The van der Waals surface area contributed by atoms with E-state index in [-0.39, 0.29) is 18.2 Å². The lowest BCUT2D eigenvalue weighted by Crippen LogP contribution is -2.47. The van der Waals surface area contributed by atoms with Gasteiger partial charge in [-0.15, -0.1) is 0 Å². The Morgan fingerprint density at radius 1 is 1.03 bits per heavy atom. The zero-order valence-electron chi connectivity index (χ0n) is 19.1. The van der Waals surface area contributed by atoms with Crippen LogP contribution < -0.4 is 17.0 Å². The van der Waals surface area contributed by atoms with E-state index in [9.17, 15) is 28.8 Å². The van der Waals surface area contributed by atoms with Gasteiger partial charge in [0, 0.05) is 14.1 Å². The third kappa shape index (κ3) is 4.27. The smallest absolute Gasteiger partial charge is 0.332 e. The van der Waals surface area contributed by atoms with Gasteiger partial charge >= 0.3 is 11.7 Å². The van der Waals surface area contributed by atoms with Crippen molar-refractivity contribution in [3.8, 4) is 0 Å². The van der Waals surface area contributed by atoms with Crippen molar-refractivity contribution in [2.75, 3.05) is 12.3 Å². The fourth-order valence-electron chi connectivity index (χ4n) is 4.31. The lowest BCUT2D eigenvalue weighted by Gasteiger charge is -2.26. The van der Waals surface area contributed by atoms with Crippen LogP contribution in [0.3, 0.4) is 0 Å². The standard InChI is InChI=1S/C22H28N4O7/c1-11(2)9-14(26-18(28)12-7-5-6-8-13(12)19(26)29)21(31)33-10-15(27)16-17(23)24(3)22(32)25(4)20(16)30/h5-6,11-14H,7-10,23H2,1-4H3/t12-,13-,14-/m1/s1. The number of hydrogen-bond donors (Lipinski definition) is 1. The number of nitrogen functional groups attached to an aromatic ring is 1. The molecule has 1 aromatic heterocycles. The molecule has 1 fully saturated rings. The lowest BCUT2D eigenvalue weighted by molar-refractivity contribution is -0.158. The summed E-state index contributed by atoms with van der Waals surface area (Å²) in [5.74, 6) is -4.03. The van der Waals surface area contributed by atoms with Crippen LogP contribution in [0.15, 0.2) is 21.7 Å². The summed E-state index contributed by atoms with van der Waals surface area (Å²) < 4.78 is 6.83. The molecule has 2 heterocycles. The van der Waals surface area contributed by atoms with Crippen molar-refractivity contribution in [1.82, 2.24) is 14.0 Å². The minimum Gasteiger partial charge on any atom is -0.456 e. The predicted molar refractivity (Wildman–Crippen MR) is 117 cm³/mol. The molecule has 33 heavy (non-hydrogen) atoms. The Labute approximate surface area is 189 Å². The number of hydrogen-bond acceptors (Lipinski definition) is 8. The van der Waals surface area contributed by atoms with E-state index in [4.69, 9.17) is 10.5 Å². The molecule has 178 valence electrons. The first kappa shape index (κ1) is 24.1. The Morgan fingerprint density at radius 2 is 1.58 bits per heavy atom. The molecule has 1 aromatic rings. The Balaban J connectivity index is 1.82. The molecule has 1 aliphatic carbocycles. The molecule has 0 bridgehead atoms. The Bertz CT molecular complexity index is 1130. The van der Waals surface area contributed by atoms with E-state index in [0.29, 0.717) is 12.8 Å². The van der Waals surface area contributed by atoms with Gasteiger partial charge in [0.05, 0.1) is 11.8 Å². The molecule has 11 nitrogen and oxygen atoms in total. The predicted octanol–water partition coefficient (Wildman–Crippen LogP) is -0.242. The summed E-state index contributed by atoms with van der Waals surface area (Å²) in [5.41, 5.74) is 3.69. The Morgan fingerprint density at radius 3 is 2.09 bits per heavy atom. The van der Waals surface area contributed by atoms with Crippen LogP contribution in [0.25, 0.3) is 0 Å². The highest BCUT2D eigenvalue weighted by Crippen LogP contribution is 2.37. The van der Waals surface area contributed by atoms with Crippen LogP contribution >= 0.6 is 0 Å². The highest BCUT2D eigenvalue weighted by molar-refractivity contribution is 6.08. The van der Waals surface area contributed by atoms with Gasteiger partial charge < -0.3 is 10.5 Å². The monoisotopic (exact) mass is 460 g/mol. The van der Waals surface area contributed by atoms with Crippen molar-refractivity contribution >= 4 is 29.4 Å². The Kier molecular flexibility index (Phi) is 6.71. The summed E-state index contributed by atoms with van der Waals surface area (Å²) in [7, 11) is 2.50. The molecule has 1 saturated heterocycles. The molecule has 11 heteroatoms. The highest BCUT2D eigenvalue weighted by atomic mass is 16.5. The number of nitrogens with two attached hydrogens (primary N) is 1. The first-order chi connectivity index (χ1) is 15.5. The van der Waals surface area contributed by atoms with Crippen molar-refractivity contribution in [2.24, 2.45) is 31.8 Å². The zero-order chi connectivity index (χ0) is 24.6. The van der Waals surface area contributed by atoms with Crippen LogP contribution in [0.4, 0.5) is 5.82 Å². The molecule has 0 spiro atoms. The van der Waals surface area contributed by atoms with Crippen LogP contribution in [-0.2, 0) is 33.2 Å². The molecule has 0 saturated carbocycles. The normalized spacial score (nSPS) is 20.8. The quantitative estimate of drug-likeness (QED) is 0.253. The molecule has 0 unspecified atom stereocenters. The van der Waals surface area contributed by atoms with Gasteiger partial charge in [-0.25, -0.2) is 9.59 Å². The van der Waals surface area contributed by atoms with Crippen LogP contribution in [0.1, 0.15) is 43.5 Å². The molecule has 2 N–H and O–H groups in total. The summed E-state index contributed by atoms with van der Waals surface area (Å²) >= 11 is 0. The molecule has 0 aromatic carbocycles. The summed E-state index contributed by atoms with van der Waals surface area (Å²) in [4.78, 5) is 76.8. The molecule has 2 aliphatic rings. The number of imide groups is 1. The summed E-state index contributed by atoms with van der Waals surface area (Å²) in [6.45, 7) is 2.84. The van der Waals surface area contributed by atoms with E-state index in [1.165, 1.54) is 14.1 Å². The maximum atomic E-state index is 13.0. The van der Waals surface area contributed by atoms with E-state index in [0.717, 1.165) is 14.0 Å². The number of ether oxygens (including phenoxy) is 1. The van der Waals surface area contributed by atoms with Crippen molar-refractivity contribution < 1.29 is 23.9 Å². The van der Waals surface area contributed by atoms with Gasteiger partial charge in [-0.3, -0.25) is 33.2 Å². The number of carbonyl (C=O) groups is 4. The van der Waals surface area contributed by atoms with E-state index < -0.39 is 64.9 Å². The number of nitrogens with zero attached hydrogens (tertiary/aromatic N) is 3. The van der Waals surface area contributed by atoms with E-state index in [1.807, 2.05) is 26.0 Å². The minimum absolute atomic E-state index is 0.0498. The molecule has 3 atom stereocenters.